The van der Waals surface area contributed by atoms with Crippen molar-refractivity contribution in [1.82, 2.24) is 20.3 Å². The number of aliphatic imine (C=N–C) groups is 1. The SMILES string of the molecule is CCNC(=NCc1ccc(S(=O)(=O)NC)cc1)NCc1coc(-c2ccccc2)n1. The molecule has 1 aromatic heterocycles. The first-order chi connectivity index (χ1) is 14.5. The van der Waals surface area contributed by atoms with Gasteiger partial charge in [0.25, 0.3) is 0 Å². The summed E-state index contributed by atoms with van der Waals surface area (Å²) in [6.07, 6.45) is 1.62. The van der Waals surface area contributed by atoms with E-state index in [4.69, 9.17) is 4.42 Å². The van der Waals surface area contributed by atoms with Gasteiger partial charge in [0.15, 0.2) is 5.96 Å². The van der Waals surface area contributed by atoms with Crippen molar-refractivity contribution in [3.05, 3.63) is 72.1 Å². The molecule has 30 heavy (non-hydrogen) atoms. The molecule has 158 valence electrons. The van der Waals surface area contributed by atoms with Crippen LogP contribution in [0.4, 0.5) is 0 Å². The highest BCUT2D eigenvalue weighted by Gasteiger charge is 2.10. The minimum Gasteiger partial charge on any atom is -0.444 e. The highest BCUT2D eigenvalue weighted by molar-refractivity contribution is 7.89. The monoisotopic (exact) mass is 427 g/mol. The van der Waals surface area contributed by atoms with Crippen LogP contribution in [-0.4, -0.2) is 33.0 Å². The zero-order valence-corrected chi connectivity index (χ0v) is 17.7. The number of hydrogen-bond acceptors (Lipinski definition) is 5. The molecule has 0 bridgehead atoms. The summed E-state index contributed by atoms with van der Waals surface area (Å²) in [5, 5.41) is 6.41. The van der Waals surface area contributed by atoms with E-state index in [-0.39, 0.29) is 4.90 Å². The number of aromatic nitrogens is 1. The average molecular weight is 428 g/mol. The van der Waals surface area contributed by atoms with Crippen LogP contribution in [0.1, 0.15) is 18.2 Å². The van der Waals surface area contributed by atoms with Crippen LogP contribution >= 0.6 is 0 Å². The second-order valence-corrected chi connectivity index (χ2v) is 8.30. The van der Waals surface area contributed by atoms with Gasteiger partial charge >= 0.3 is 0 Å². The van der Waals surface area contributed by atoms with Crippen LogP contribution in [0.2, 0.25) is 0 Å². The van der Waals surface area contributed by atoms with E-state index in [1.807, 2.05) is 37.3 Å². The van der Waals surface area contributed by atoms with Crippen molar-refractivity contribution in [2.24, 2.45) is 4.99 Å². The van der Waals surface area contributed by atoms with E-state index >= 15 is 0 Å². The molecule has 3 rings (SSSR count). The van der Waals surface area contributed by atoms with Crippen LogP contribution in [-0.2, 0) is 23.1 Å². The number of sulfonamides is 1. The summed E-state index contributed by atoms with van der Waals surface area (Å²) in [6.45, 7) is 3.56. The first-order valence-corrected chi connectivity index (χ1v) is 11.0. The van der Waals surface area contributed by atoms with Crippen molar-refractivity contribution in [2.45, 2.75) is 24.9 Å². The molecule has 0 radical (unpaired) electrons. The Balaban J connectivity index is 1.62. The van der Waals surface area contributed by atoms with Gasteiger partial charge in [-0.1, -0.05) is 30.3 Å². The van der Waals surface area contributed by atoms with Gasteiger partial charge < -0.3 is 15.1 Å². The number of nitrogens with one attached hydrogen (secondary N) is 3. The summed E-state index contributed by atoms with van der Waals surface area (Å²) >= 11 is 0. The van der Waals surface area contributed by atoms with E-state index in [0.717, 1.165) is 16.8 Å². The number of guanidine groups is 1. The molecular weight excluding hydrogens is 402 g/mol. The molecule has 0 saturated carbocycles. The van der Waals surface area contributed by atoms with Crippen molar-refractivity contribution in [2.75, 3.05) is 13.6 Å². The second kappa shape index (κ2) is 10.0. The Bertz CT molecular complexity index is 1080. The fraction of sp³-hybridized carbons (Fsp3) is 0.238. The Morgan fingerprint density at radius 1 is 1.07 bits per heavy atom. The van der Waals surface area contributed by atoms with Gasteiger partial charge in [-0.05, 0) is 43.8 Å². The number of hydrogen-bond donors (Lipinski definition) is 3. The molecule has 0 amide bonds. The van der Waals surface area contributed by atoms with Crippen LogP contribution in [0.15, 0.2) is 75.2 Å². The molecule has 0 fully saturated rings. The quantitative estimate of drug-likeness (QED) is 0.377. The smallest absolute Gasteiger partial charge is 0.240 e. The van der Waals surface area contributed by atoms with E-state index in [1.54, 1.807) is 30.5 Å². The van der Waals surface area contributed by atoms with Gasteiger partial charge in [-0.2, -0.15) is 0 Å². The third kappa shape index (κ3) is 5.68. The Hall–Kier alpha value is -3.17. The molecule has 3 aromatic rings. The lowest BCUT2D eigenvalue weighted by Gasteiger charge is -2.10. The summed E-state index contributed by atoms with van der Waals surface area (Å²) in [4.78, 5) is 9.27. The minimum atomic E-state index is -3.44. The predicted octanol–water partition coefficient (Wildman–Crippen LogP) is 2.51. The van der Waals surface area contributed by atoms with Crippen molar-refractivity contribution >= 4 is 16.0 Å². The van der Waals surface area contributed by atoms with Gasteiger partial charge in [-0.3, -0.25) is 0 Å². The van der Waals surface area contributed by atoms with Crippen molar-refractivity contribution in [3.8, 4) is 11.5 Å². The van der Waals surface area contributed by atoms with Gasteiger partial charge in [0.2, 0.25) is 15.9 Å². The molecule has 0 aliphatic heterocycles. The molecule has 0 saturated heterocycles. The molecule has 0 atom stereocenters. The zero-order valence-electron chi connectivity index (χ0n) is 16.9. The van der Waals surface area contributed by atoms with E-state index in [9.17, 15) is 8.42 Å². The minimum absolute atomic E-state index is 0.225. The topological polar surface area (TPSA) is 109 Å². The maximum atomic E-state index is 11.8. The fourth-order valence-electron chi connectivity index (χ4n) is 2.68. The first kappa shape index (κ1) is 21.5. The van der Waals surface area contributed by atoms with Gasteiger partial charge in [0, 0.05) is 12.1 Å². The average Bonchev–Trinajstić information content (AvgIpc) is 3.26. The summed E-state index contributed by atoms with van der Waals surface area (Å²) in [6, 6.07) is 16.4. The third-order valence-corrected chi connectivity index (χ3v) is 5.71. The Morgan fingerprint density at radius 2 is 1.80 bits per heavy atom. The lowest BCUT2D eigenvalue weighted by molar-refractivity contribution is 0.572. The van der Waals surface area contributed by atoms with Crippen LogP contribution < -0.4 is 15.4 Å². The van der Waals surface area contributed by atoms with Crippen LogP contribution in [0.5, 0.6) is 0 Å². The van der Waals surface area contributed by atoms with Gasteiger partial charge in [0.1, 0.15) is 6.26 Å². The maximum absolute atomic E-state index is 11.8. The van der Waals surface area contributed by atoms with E-state index in [0.29, 0.717) is 31.5 Å². The highest BCUT2D eigenvalue weighted by Crippen LogP contribution is 2.17. The summed E-state index contributed by atoms with van der Waals surface area (Å²) in [7, 11) is -2.05. The van der Waals surface area contributed by atoms with Crippen LogP contribution in [0, 0.1) is 0 Å². The number of nitrogens with zero attached hydrogens (tertiary/aromatic N) is 2. The van der Waals surface area contributed by atoms with Crippen molar-refractivity contribution in [3.63, 3.8) is 0 Å². The van der Waals surface area contributed by atoms with Gasteiger partial charge in [-0.15, -0.1) is 0 Å². The lowest BCUT2D eigenvalue weighted by Crippen LogP contribution is -2.36. The number of benzene rings is 2. The van der Waals surface area contributed by atoms with E-state index < -0.39 is 10.0 Å². The molecule has 1 heterocycles. The first-order valence-electron chi connectivity index (χ1n) is 9.56. The molecular formula is C21H25N5O3S. The molecule has 0 unspecified atom stereocenters. The van der Waals surface area contributed by atoms with Gasteiger partial charge in [0.05, 0.1) is 23.7 Å². The Kier molecular flexibility index (Phi) is 7.21. The second-order valence-electron chi connectivity index (χ2n) is 6.41. The Morgan fingerprint density at radius 3 is 2.47 bits per heavy atom. The standard InChI is InChI=1S/C21H25N5O3S/c1-3-23-21(24-13-16-9-11-19(12-10-16)30(27,28)22-2)25-14-18-15-29-20(26-18)17-7-5-4-6-8-17/h4-12,15,22H,3,13-14H2,1-2H3,(H2,23,24,25). The Labute approximate surface area is 176 Å². The van der Waals surface area contributed by atoms with Crippen molar-refractivity contribution in [1.29, 1.82) is 0 Å². The molecule has 0 aliphatic carbocycles. The largest absolute Gasteiger partial charge is 0.444 e. The maximum Gasteiger partial charge on any atom is 0.240 e. The lowest BCUT2D eigenvalue weighted by atomic mass is 10.2. The van der Waals surface area contributed by atoms with E-state index in [2.05, 4.69) is 25.3 Å². The van der Waals surface area contributed by atoms with Gasteiger partial charge in [-0.25, -0.2) is 23.1 Å². The predicted molar refractivity (Wildman–Crippen MR) is 116 cm³/mol. The van der Waals surface area contributed by atoms with Crippen LogP contribution in [0.3, 0.4) is 0 Å². The van der Waals surface area contributed by atoms with E-state index in [1.165, 1.54) is 7.05 Å². The zero-order chi connectivity index (χ0) is 21.4. The molecule has 2 aromatic carbocycles. The third-order valence-electron chi connectivity index (χ3n) is 4.28. The molecule has 3 N–H and O–H groups in total. The molecule has 0 spiro atoms. The highest BCUT2D eigenvalue weighted by atomic mass is 32.2. The summed E-state index contributed by atoms with van der Waals surface area (Å²) in [5.74, 6) is 1.21. The normalized spacial score (nSPS) is 12.0. The van der Waals surface area contributed by atoms with Crippen LogP contribution in [0.25, 0.3) is 11.5 Å². The number of rotatable bonds is 8. The number of oxazole rings is 1. The molecule has 9 heteroatoms. The summed E-state index contributed by atoms with van der Waals surface area (Å²) < 4.78 is 31.5. The van der Waals surface area contributed by atoms with Crippen molar-refractivity contribution < 1.29 is 12.8 Å². The fourth-order valence-corrected chi connectivity index (χ4v) is 3.41. The summed E-state index contributed by atoms with van der Waals surface area (Å²) in [5.41, 5.74) is 2.59. The molecule has 8 nitrogen and oxygen atoms in total. The molecule has 0 aliphatic rings.